The zero-order chi connectivity index (χ0) is 18.5. The number of amides is 1. The van der Waals surface area contributed by atoms with E-state index in [1.807, 2.05) is 54.4 Å². The van der Waals surface area contributed by atoms with Gasteiger partial charge in [0, 0.05) is 35.6 Å². The SMILES string of the molecule is CCn1ncc(/C=C/C(=O)Nc2cc(C)n(Cc3ccccc3)n2)c1C. The van der Waals surface area contributed by atoms with Crippen molar-refractivity contribution in [1.82, 2.24) is 19.6 Å². The Kier molecular flexibility index (Phi) is 5.31. The van der Waals surface area contributed by atoms with Crippen LogP contribution in [0.1, 0.15) is 29.4 Å². The lowest BCUT2D eigenvalue weighted by Gasteiger charge is -2.04. The van der Waals surface area contributed by atoms with Crippen LogP contribution in [0.15, 0.2) is 48.7 Å². The van der Waals surface area contributed by atoms with Crippen LogP contribution in [0.25, 0.3) is 6.08 Å². The zero-order valence-electron chi connectivity index (χ0n) is 15.3. The number of hydrogen-bond donors (Lipinski definition) is 1. The number of anilines is 1. The number of hydrogen-bond acceptors (Lipinski definition) is 3. The number of benzene rings is 1. The van der Waals surface area contributed by atoms with Gasteiger partial charge in [-0.05, 0) is 32.4 Å². The Morgan fingerprint density at radius 2 is 1.96 bits per heavy atom. The summed E-state index contributed by atoms with van der Waals surface area (Å²) in [4.78, 5) is 12.2. The summed E-state index contributed by atoms with van der Waals surface area (Å²) in [7, 11) is 0. The summed E-state index contributed by atoms with van der Waals surface area (Å²) in [5, 5.41) is 11.6. The molecule has 26 heavy (non-hydrogen) atoms. The highest BCUT2D eigenvalue weighted by Crippen LogP contribution is 2.12. The van der Waals surface area contributed by atoms with E-state index in [2.05, 4.69) is 27.6 Å². The van der Waals surface area contributed by atoms with Crippen molar-refractivity contribution >= 4 is 17.8 Å². The van der Waals surface area contributed by atoms with E-state index in [1.54, 1.807) is 12.3 Å². The second-order valence-electron chi connectivity index (χ2n) is 6.14. The van der Waals surface area contributed by atoms with Gasteiger partial charge in [0.1, 0.15) is 0 Å². The monoisotopic (exact) mass is 349 g/mol. The molecule has 0 atom stereocenters. The molecule has 2 aromatic heterocycles. The van der Waals surface area contributed by atoms with E-state index >= 15 is 0 Å². The fourth-order valence-electron chi connectivity index (χ4n) is 2.76. The quantitative estimate of drug-likeness (QED) is 0.694. The first-order chi connectivity index (χ1) is 12.6. The minimum atomic E-state index is -0.210. The first-order valence-electron chi connectivity index (χ1n) is 8.66. The minimum absolute atomic E-state index is 0.210. The molecule has 3 rings (SSSR count). The molecule has 0 saturated heterocycles. The molecule has 0 aliphatic heterocycles. The first kappa shape index (κ1) is 17.7. The summed E-state index contributed by atoms with van der Waals surface area (Å²) in [5.41, 5.74) is 4.14. The molecule has 1 N–H and O–H groups in total. The molecule has 0 aliphatic carbocycles. The van der Waals surface area contributed by atoms with E-state index in [0.717, 1.165) is 23.5 Å². The molecule has 1 aromatic carbocycles. The predicted molar refractivity (Wildman–Crippen MR) is 103 cm³/mol. The highest BCUT2D eigenvalue weighted by Gasteiger charge is 2.07. The van der Waals surface area contributed by atoms with E-state index < -0.39 is 0 Å². The van der Waals surface area contributed by atoms with Gasteiger partial charge in [-0.25, -0.2) is 0 Å². The predicted octanol–water partition coefficient (Wildman–Crippen LogP) is 3.42. The van der Waals surface area contributed by atoms with E-state index in [-0.39, 0.29) is 5.91 Å². The van der Waals surface area contributed by atoms with Crippen molar-refractivity contribution < 1.29 is 4.79 Å². The van der Waals surface area contributed by atoms with Crippen molar-refractivity contribution in [2.24, 2.45) is 0 Å². The van der Waals surface area contributed by atoms with Crippen molar-refractivity contribution in [3.8, 4) is 0 Å². The molecule has 0 unspecified atom stereocenters. The van der Waals surface area contributed by atoms with E-state index in [4.69, 9.17) is 0 Å². The molecule has 2 heterocycles. The van der Waals surface area contributed by atoms with Crippen LogP contribution in [0.3, 0.4) is 0 Å². The number of nitrogens with one attached hydrogen (secondary N) is 1. The molecule has 0 aliphatic rings. The number of aryl methyl sites for hydroxylation is 2. The Morgan fingerprint density at radius 1 is 1.19 bits per heavy atom. The molecule has 0 saturated carbocycles. The maximum atomic E-state index is 12.2. The fourth-order valence-corrected chi connectivity index (χ4v) is 2.76. The molecule has 134 valence electrons. The van der Waals surface area contributed by atoms with Crippen molar-refractivity contribution in [3.63, 3.8) is 0 Å². The molecule has 6 nitrogen and oxygen atoms in total. The molecular formula is C20H23N5O. The summed E-state index contributed by atoms with van der Waals surface area (Å²) in [6.07, 6.45) is 5.05. The van der Waals surface area contributed by atoms with Gasteiger partial charge < -0.3 is 5.32 Å². The molecule has 0 spiro atoms. The Bertz CT molecular complexity index is 921. The van der Waals surface area contributed by atoms with Gasteiger partial charge in [-0.3, -0.25) is 14.2 Å². The van der Waals surface area contributed by atoms with Crippen molar-refractivity contribution in [3.05, 3.63) is 71.2 Å². The van der Waals surface area contributed by atoms with E-state index in [9.17, 15) is 4.79 Å². The summed E-state index contributed by atoms with van der Waals surface area (Å²) in [6.45, 7) is 7.48. The molecular weight excluding hydrogens is 326 g/mol. The van der Waals surface area contributed by atoms with E-state index in [0.29, 0.717) is 12.4 Å². The number of nitrogens with zero attached hydrogens (tertiary/aromatic N) is 4. The maximum Gasteiger partial charge on any atom is 0.249 e. The Hall–Kier alpha value is -3.15. The van der Waals surface area contributed by atoms with Gasteiger partial charge in [0.25, 0.3) is 0 Å². The third kappa shape index (κ3) is 4.08. The van der Waals surface area contributed by atoms with Crippen LogP contribution in [0.2, 0.25) is 0 Å². The second kappa shape index (κ2) is 7.82. The van der Waals surface area contributed by atoms with E-state index in [1.165, 1.54) is 11.6 Å². The number of carbonyl (C=O) groups is 1. The Labute approximate surface area is 153 Å². The number of carbonyl (C=O) groups excluding carboxylic acids is 1. The lowest BCUT2D eigenvalue weighted by molar-refractivity contribution is -0.111. The van der Waals surface area contributed by atoms with Crippen LogP contribution in [0.5, 0.6) is 0 Å². The van der Waals surface area contributed by atoms with Crippen LogP contribution in [0.4, 0.5) is 5.82 Å². The third-order valence-electron chi connectivity index (χ3n) is 4.26. The second-order valence-corrected chi connectivity index (χ2v) is 6.14. The maximum absolute atomic E-state index is 12.2. The third-order valence-corrected chi connectivity index (χ3v) is 4.26. The van der Waals surface area contributed by atoms with Gasteiger partial charge in [0.15, 0.2) is 5.82 Å². The van der Waals surface area contributed by atoms with Gasteiger partial charge in [0.2, 0.25) is 5.91 Å². The molecule has 0 fully saturated rings. The fraction of sp³-hybridized carbons (Fsp3) is 0.250. The summed E-state index contributed by atoms with van der Waals surface area (Å²) < 4.78 is 3.77. The van der Waals surface area contributed by atoms with Crippen LogP contribution in [-0.2, 0) is 17.9 Å². The molecule has 3 aromatic rings. The van der Waals surface area contributed by atoms with Crippen molar-refractivity contribution in [2.45, 2.75) is 33.9 Å². The Morgan fingerprint density at radius 3 is 2.65 bits per heavy atom. The van der Waals surface area contributed by atoms with Crippen molar-refractivity contribution in [1.29, 1.82) is 0 Å². The highest BCUT2D eigenvalue weighted by atomic mass is 16.1. The van der Waals surface area contributed by atoms with Crippen LogP contribution >= 0.6 is 0 Å². The number of rotatable bonds is 6. The molecule has 6 heteroatoms. The topological polar surface area (TPSA) is 64.7 Å². The van der Waals surface area contributed by atoms with Gasteiger partial charge in [-0.15, -0.1) is 0 Å². The highest BCUT2D eigenvalue weighted by molar-refractivity contribution is 6.01. The summed E-state index contributed by atoms with van der Waals surface area (Å²) in [5.74, 6) is 0.340. The van der Waals surface area contributed by atoms with Crippen LogP contribution < -0.4 is 5.32 Å². The van der Waals surface area contributed by atoms with Gasteiger partial charge in [-0.2, -0.15) is 10.2 Å². The van der Waals surface area contributed by atoms with Gasteiger partial charge in [-0.1, -0.05) is 30.3 Å². The minimum Gasteiger partial charge on any atom is -0.306 e. The van der Waals surface area contributed by atoms with Gasteiger partial charge in [0.05, 0.1) is 12.7 Å². The summed E-state index contributed by atoms with van der Waals surface area (Å²) >= 11 is 0. The number of aromatic nitrogens is 4. The van der Waals surface area contributed by atoms with Crippen LogP contribution in [0, 0.1) is 13.8 Å². The largest absolute Gasteiger partial charge is 0.306 e. The van der Waals surface area contributed by atoms with Crippen LogP contribution in [-0.4, -0.2) is 25.5 Å². The Balaban J connectivity index is 1.65. The lowest BCUT2D eigenvalue weighted by atomic mass is 10.2. The molecule has 1 amide bonds. The smallest absolute Gasteiger partial charge is 0.249 e. The zero-order valence-corrected chi connectivity index (χ0v) is 15.3. The standard InChI is InChI=1S/C20H23N5O/c1-4-24-16(3)18(13-21-24)10-11-20(26)22-19-12-15(2)25(23-19)14-17-8-6-5-7-9-17/h5-13H,4,14H2,1-3H3,(H,22,23,26)/b11-10+. The molecule has 0 bridgehead atoms. The summed E-state index contributed by atoms with van der Waals surface area (Å²) in [6, 6.07) is 12.0. The molecule has 0 radical (unpaired) electrons. The average molecular weight is 349 g/mol. The lowest BCUT2D eigenvalue weighted by Crippen LogP contribution is -2.09. The van der Waals surface area contributed by atoms with Crippen molar-refractivity contribution in [2.75, 3.05) is 5.32 Å². The average Bonchev–Trinajstić information content (AvgIpc) is 3.16. The normalized spacial score (nSPS) is 11.2. The van der Waals surface area contributed by atoms with Gasteiger partial charge >= 0.3 is 0 Å². The first-order valence-corrected chi connectivity index (χ1v) is 8.66.